The Balaban J connectivity index is 2.02. The molecule has 1 aliphatic heterocycles. The Morgan fingerprint density at radius 3 is 1.97 bits per heavy atom. The van der Waals surface area contributed by atoms with E-state index in [9.17, 15) is 23.5 Å². The predicted molar refractivity (Wildman–Crippen MR) is 117 cm³/mol. The normalized spacial score (nSPS) is 23.1. The minimum atomic E-state index is -2.00. The van der Waals surface area contributed by atoms with Gasteiger partial charge in [0.15, 0.2) is 5.72 Å². The van der Waals surface area contributed by atoms with Crippen LogP contribution in [0.5, 0.6) is 0 Å². The molecule has 32 heavy (non-hydrogen) atoms. The van der Waals surface area contributed by atoms with Crippen LogP contribution < -0.4 is 4.90 Å². The molecule has 3 aromatic rings. The summed E-state index contributed by atoms with van der Waals surface area (Å²) < 4.78 is 27.4. The summed E-state index contributed by atoms with van der Waals surface area (Å²) in [4.78, 5) is 28.2. The molecule has 0 aromatic heterocycles. The number of halogens is 2. The van der Waals surface area contributed by atoms with E-state index in [1.807, 2.05) is 0 Å². The van der Waals surface area contributed by atoms with Crippen LogP contribution in [0, 0.1) is 23.5 Å². The summed E-state index contributed by atoms with van der Waals surface area (Å²) in [6, 6.07) is 19.1. The highest BCUT2D eigenvalue weighted by molar-refractivity contribution is 6.13. The lowest BCUT2D eigenvalue weighted by Crippen LogP contribution is -2.46. The van der Waals surface area contributed by atoms with Gasteiger partial charge < -0.3 is 5.11 Å². The minimum absolute atomic E-state index is 0.254. The first-order valence-electron chi connectivity index (χ1n) is 10.4. The number of ketones is 1. The second-order valence-electron chi connectivity index (χ2n) is 8.31. The lowest BCUT2D eigenvalue weighted by atomic mass is 9.75. The first-order chi connectivity index (χ1) is 15.2. The van der Waals surface area contributed by atoms with Gasteiger partial charge in [0.05, 0.1) is 5.92 Å². The molecular weight excluding hydrogens is 412 g/mol. The quantitative estimate of drug-likeness (QED) is 0.587. The van der Waals surface area contributed by atoms with Crippen molar-refractivity contribution in [2.24, 2.45) is 11.8 Å². The summed E-state index contributed by atoms with van der Waals surface area (Å²) >= 11 is 0. The molecule has 1 saturated heterocycles. The van der Waals surface area contributed by atoms with Crippen molar-refractivity contribution in [1.29, 1.82) is 0 Å². The fourth-order valence-electron chi connectivity index (χ4n) is 4.47. The van der Waals surface area contributed by atoms with Crippen molar-refractivity contribution in [2.75, 3.05) is 4.90 Å². The molecule has 4 nitrogen and oxygen atoms in total. The van der Waals surface area contributed by atoms with Crippen LogP contribution in [0.2, 0.25) is 0 Å². The molecule has 1 heterocycles. The van der Waals surface area contributed by atoms with E-state index in [0.717, 1.165) is 0 Å². The molecule has 3 aromatic carbocycles. The summed E-state index contributed by atoms with van der Waals surface area (Å²) in [6.07, 6.45) is 0. The maximum absolute atomic E-state index is 13.8. The largest absolute Gasteiger partial charge is 0.366 e. The van der Waals surface area contributed by atoms with Gasteiger partial charge in [-0.2, -0.15) is 0 Å². The van der Waals surface area contributed by atoms with Gasteiger partial charge in [0.1, 0.15) is 23.3 Å². The maximum Gasteiger partial charge on any atom is 0.241 e. The molecule has 0 spiro atoms. The van der Waals surface area contributed by atoms with E-state index in [-0.39, 0.29) is 11.3 Å². The highest BCUT2D eigenvalue weighted by atomic mass is 19.1. The average Bonchev–Trinajstić information content (AvgIpc) is 3.02. The van der Waals surface area contributed by atoms with Crippen molar-refractivity contribution in [1.82, 2.24) is 0 Å². The summed E-state index contributed by atoms with van der Waals surface area (Å²) in [7, 11) is 0. The molecule has 1 amide bonds. The average molecular weight is 435 g/mol. The van der Waals surface area contributed by atoms with E-state index in [2.05, 4.69) is 0 Å². The number of hydrogen-bond acceptors (Lipinski definition) is 3. The smallest absolute Gasteiger partial charge is 0.241 e. The first kappa shape index (κ1) is 21.8. The summed E-state index contributed by atoms with van der Waals surface area (Å²) in [5, 5.41) is 12.3. The fourth-order valence-corrected chi connectivity index (χ4v) is 4.47. The Bertz CT molecular complexity index is 1130. The van der Waals surface area contributed by atoms with Gasteiger partial charge in [0.25, 0.3) is 0 Å². The second kappa shape index (κ2) is 8.28. The summed E-state index contributed by atoms with van der Waals surface area (Å²) in [5.74, 6) is -4.57. The van der Waals surface area contributed by atoms with E-state index in [1.54, 1.807) is 44.2 Å². The molecule has 0 unspecified atom stereocenters. The lowest BCUT2D eigenvalue weighted by molar-refractivity contribution is -0.133. The number of aliphatic hydroxyl groups is 1. The molecule has 0 bridgehead atoms. The van der Waals surface area contributed by atoms with Crippen LogP contribution in [-0.4, -0.2) is 16.8 Å². The van der Waals surface area contributed by atoms with Gasteiger partial charge in [0.2, 0.25) is 5.91 Å². The Kier molecular flexibility index (Phi) is 5.65. The minimum Gasteiger partial charge on any atom is -0.366 e. The van der Waals surface area contributed by atoms with Crippen molar-refractivity contribution in [3.05, 3.63) is 102 Å². The maximum atomic E-state index is 13.8. The van der Waals surface area contributed by atoms with Gasteiger partial charge in [-0.1, -0.05) is 56.3 Å². The van der Waals surface area contributed by atoms with Crippen LogP contribution in [0.4, 0.5) is 14.5 Å². The first-order valence-corrected chi connectivity index (χ1v) is 10.4. The van der Waals surface area contributed by atoms with E-state index in [1.165, 1.54) is 53.4 Å². The van der Waals surface area contributed by atoms with Crippen LogP contribution >= 0.6 is 0 Å². The number of anilines is 1. The van der Waals surface area contributed by atoms with Crippen LogP contribution in [0.15, 0.2) is 78.9 Å². The number of Topliss-reactive ketones (excluding diaryl/α,β-unsaturated/α-hetero) is 1. The fraction of sp³-hybridized carbons (Fsp3) is 0.231. The topological polar surface area (TPSA) is 57.6 Å². The number of carbonyl (C=O) groups excluding carboxylic acids is 2. The Morgan fingerprint density at radius 2 is 1.44 bits per heavy atom. The predicted octanol–water partition coefficient (Wildman–Crippen LogP) is 4.78. The Labute approximate surface area is 185 Å². The van der Waals surface area contributed by atoms with Gasteiger partial charge in [-0.15, -0.1) is 0 Å². The van der Waals surface area contributed by atoms with E-state index in [0.29, 0.717) is 11.3 Å². The Morgan fingerprint density at radius 1 is 0.906 bits per heavy atom. The molecular formula is C26H23F2NO3. The van der Waals surface area contributed by atoms with E-state index >= 15 is 0 Å². The van der Waals surface area contributed by atoms with Crippen molar-refractivity contribution in [2.45, 2.75) is 25.5 Å². The number of carbonyl (C=O) groups is 2. The standard InChI is InChI=1S/C26H23F2NO3/c1-16(2)24(30)22-23(17-8-12-19(27)13-9-17)26(32,18-10-14-20(28)15-11-18)29(25(22)31)21-6-4-3-5-7-21/h3-16,22-23,32H,1-2H3/t22-,23+,26+/m0/s1. The molecule has 164 valence electrons. The number of benzene rings is 3. The SMILES string of the molecule is CC(C)C(=O)[C@H]1C(=O)N(c2ccccc2)[C@@](O)(c2ccc(F)cc2)[C@@H]1c1ccc(F)cc1. The summed E-state index contributed by atoms with van der Waals surface area (Å²) in [6.45, 7) is 3.39. The molecule has 0 aliphatic carbocycles. The van der Waals surface area contributed by atoms with Crippen LogP contribution in [0.3, 0.4) is 0 Å². The molecule has 4 rings (SSSR count). The Hall–Kier alpha value is -3.38. The second-order valence-corrected chi connectivity index (χ2v) is 8.31. The third-order valence-electron chi connectivity index (χ3n) is 5.98. The molecule has 3 atom stereocenters. The van der Waals surface area contributed by atoms with Crippen molar-refractivity contribution < 1.29 is 23.5 Å². The van der Waals surface area contributed by atoms with Gasteiger partial charge in [-0.05, 0) is 42.0 Å². The molecule has 1 N–H and O–H groups in total. The van der Waals surface area contributed by atoms with Gasteiger partial charge >= 0.3 is 0 Å². The van der Waals surface area contributed by atoms with Crippen LogP contribution in [0.1, 0.15) is 30.9 Å². The zero-order chi connectivity index (χ0) is 23.0. The van der Waals surface area contributed by atoms with Crippen molar-refractivity contribution >= 4 is 17.4 Å². The number of nitrogens with zero attached hydrogens (tertiary/aromatic N) is 1. The monoisotopic (exact) mass is 435 g/mol. The lowest BCUT2D eigenvalue weighted by Gasteiger charge is -2.38. The van der Waals surface area contributed by atoms with Crippen LogP contribution in [-0.2, 0) is 15.3 Å². The van der Waals surface area contributed by atoms with Crippen molar-refractivity contribution in [3.8, 4) is 0 Å². The third-order valence-corrected chi connectivity index (χ3v) is 5.98. The molecule has 1 fully saturated rings. The molecule has 1 aliphatic rings. The highest BCUT2D eigenvalue weighted by Gasteiger charge is 2.62. The highest BCUT2D eigenvalue weighted by Crippen LogP contribution is 2.53. The molecule has 0 radical (unpaired) electrons. The molecule has 6 heteroatoms. The summed E-state index contributed by atoms with van der Waals surface area (Å²) in [5.41, 5.74) is -0.914. The van der Waals surface area contributed by atoms with E-state index < -0.39 is 41.0 Å². The van der Waals surface area contributed by atoms with E-state index in [4.69, 9.17) is 0 Å². The van der Waals surface area contributed by atoms with Gasteiger partial charge in [-0.25, -0.2) is 8.78 Å². The number of amides is 1. The third kappa shape index (κ3) is 3.50. The number of rotatable bonds is 5. The van der Waals surface area contributed by atoms with Crippen LogP contribution in [0.25, 0.3) is 0 Å². The van der Waals surface area contributed by atoms with Crippen molar-refractivity contribution in [3.63, 3.8) is 0 Å². The molecule has 0 saturated carbocycles. The zero-order valence-electron chi connectivity index (χ0n) is 17.7. The zero-order valence-corrected chi connectivity index (χ0v) is 17.7. The van der Waals surface area contributed by atoms with Gasteiger partial charge in [-0.3, -0.25) is 14.5 Å². The number of para-hydroxylation sites is 1. The van der Waals surface area contributed by atoms with Gasteiger partial charge in [0, 0.05) is 17.2 Å². The number of hydrogen-bond donors (Lipinski definition) is 1.